The van der Waals surface area contributed by atoms with Gasteiger partial charge in [-0.2, -0.15) is 0 Å². The Morgan fingerprint density at radius 1 is 0.567 bits per heavy atom. The zero-order chi connectivity index (χ0) is 23.4. The largest absolute Gasteiger partial charge is 0.508 e. The van der Waals surface area contributed by atoms with E-state index in [0.29, 0.717) is 5.75 Å². The van der Waals surface area contributed by atoms with Crippen molar-refractivity contribution in [2.75, 3.05) is 0 Å². The number of phenols is 2. The van der Waals surface area contributed by atoms with Gasteiger partial charge in [-0.1, -0.05) is 95.2 Å². The Kier molecular flexibility index (Phi) is 5.93. The van der Waals surface area contributed by atoms with E-state index in [9.17, 15) is 10.2 Å². The number of phenolic OH excluding ortho intramolecular Hbond substituents is 2. The van der Waals surface area contributed by atoms with Crippen molar-refractivity contribution in [1.82, 2.24) is 0 Å². The summed E-state index contributed by atoms with van der Waals surface area (Å²) in [6.45, 7) is 25.9. The van der Waals surface area contributed by atoms with Crippen LogP contribution < -0.4 is 0 Å². The van der Waals surface area contributed by atoms with Crippen molar-refractivity contribution < 1.29 is 10.2 Å². The first-order chi connectivity index (χ1) is 13.3. The van der Waals surface area contributed by atoms with Gasteiger partial charge in [0.15, 0.2) is 0 Å². The molecule has 2 N–H and O–H groups in total. The molecular weight excluding hydrogens is 368 g/mol. The van der Waals surface area contributed by atoms with Crippen LogP contribution in [0.2, 0.25) is 0 Å². The summed E-state index contributed by atoms with van der Waals surface area (Å²) in [5.41, 5.74) is 5.21. The van der Waals surface area contributed by atoms with Gasteiger partial charge < -0.3 is 10.2 Å². The number of aromatic hydroxyl groups is 2. The molecule has 0 aliphatic heterocycles. The van der Waals surface area contributed by atoms with Gasteiger partial charge in [0, 0.05) is 16.7 Å². The standard InChI is InChI=1S/C28H42O2/c1-25(2,3)17-15-18(24(30)20(16-17)27(7,8)9)22-19(26(4,5)6)13-14-21(29)23(22)28(10,11)12/h13-16,29-30H,1-12H3. The van der Waals surface area contributed by atoms with E-state index in [2.05, 4.69) is 95.2 Å². The van der Waals surface area contributed by atoms with Gasteiger partial charge >= 0.3 is 0 Å². The molecule has 30 heavy (non-hydrogen) atoms. The van der Waals surface area contributed by atoms with Gasteiger partial charge in [0.25, 0.3) is 0 Å². The Balaban J connectivity index is 3.16. The maximum atomic E-state index is 11.6. The fourth-order valence-electron chi connectivity index (χ4n) is 4.09. The van der Waals surface area contributed by atoms with Crippen molar-refractivity contribution in [1.29, 1.82) is 0 Å². The van der Waals surface area contributed by atoms with Crippen LogP contribution in [0, 0.1) is 0 Å². The van der Waals surface area contributed by atoms with E-state index in [1.54, 1.807) is 6.07 Å². The van der Waals surface area contributed by atoms with Crippen LogP contribution in [0.1, 0.15) is 105 Å². The van der Waals surface area contributed by atoms with Crippen LogP contribution in [-0.4, -0.2) is 10.2 Å². The van der Waals surface area contributed by atoms with Gasteiger partial charge in [-0.15, -0.1) is 0 Å². The van der Waals surface area contributed by atoms with E-state index in [-0.39, 0.29) is 27.4 Å². The molecule has 0 atom stereocenters. The van der Waals surface area contributed by atoms with Gasteiger partial charge in [-0.25, -0.2) is 0 Å². The Bertz CT molecular complexity index is 937. The molecule has 0 spiro atoms. The number of hydrogen-bond donors (Lipinski definition) is 2. The third kappa shape index (κ3) is 4.68. The van der Waals surface area contributed by atoms with E-state index in [4.69, 9.17) is 0 Å². The molecule has 0 amide bonds. The van der Waals surface area contributed by atoms with E-state index >= 15 is 0 Å². The minimum atomic E-state index is -0.285. The predicted octanol–water partition coefficient (Wildman–Crippen LogP) is 7.95. The topological polar surface area (TPSA) is 40.5 Å². The molecular formula is C28H42O2. The Labute approximate surface area is 184 Å². The van der Waals surface area contributed by atoms with Crippen LogP contribution in [0.3, 0.4) is 0 Å². The van der Waals surface area contributed by atoms with Crippen molar-refractivity contribution in [2.24, 2.45) is 0 Å². The monoisotopic (exact) mass is 410 g/mol. The van der Waals surface area contributed by atoms with Gasteiger partial charge in [-0.05, 0) is 50.5 Å². The first-order valence-electron chi connectivity index (χ1n) is 11.0. The number of benzene rings is 2. The Hall–Kier alpha value is -1.96. The second-order valence-electron chi connectivity index (χ2n) is 12.8. The summed E-state index contributed by atoms with van der Waals surface area (Å²) in [6, 6.07) is 8.10. The van der Waals surface area contributed by atoms with Crippen molar-refractivity contribution >= 4 is 0 Å². The zero-order valence-corrected chi connectivity index (χ0v) is 21.2. The molecule has 0 bridgehead atoms. The van der Waals surface area contributed by atoms with Gasteiger partial charge in [-0.3, -0.25) is 0 Å². The summed E-state index contributed by atoms with van der Waals surface area (Å²) in [5.74, 6) is 0.598. The number of hydrogen-bond acceptors (Lipinski definition) is 2. The average Bonchev–Trinajstić information content (AvgIpc) is 2.49. The molecule has 2 rings (SSSR count). The lowest BCUT2D eigenvalue weighted by Gasteiger charge is -2.33. The lowest BCUT2D eigenvalue weighted by atomic mass is 9.71. The fourth-order valence-corrected chi connectivity index (χ4v) is 4.09. The first-order valence-corrected chi connectivity index (χ1v) is 11.0. The van der Waals surface area contributed by atoms with Crippen LogP contribution in [0.5, 0.6) is 11.5 Å². The van der Waals surface area contributed by atoms with Crippen molar-refractivity contribution in [3.05, 3.63) is 46.5 Å². The van der Waals surface area contributed by atoms with Crippen LogP contribution >= 0.6 is 0 Å². The molecule has 0 fully saturated rings. The lowest BCUT2D eigenvalue weighted by Crippen LogP contribution is -2.21. The molecule has 0 radical (unpaired) electrons. The molecule has 0 unspecified atom stereocenters. The van der Waals surface area contributed by atoms with Gasteiger partial charge in [0.05, 0.1) is 0 Å². The molecule has 0 heterocycles. The molecule has 0 aliphatic rings. The summed E-state index contributed by atoms with van der Waals surface area (Å²) in [7, 11) is 0. The van der Waals surface area contributed by atoms with E-state index in [1.165, 1.54) is 5.56 Å². The maximum absolute atomic E-state index is 11.6. The minimum Gasteiger partial charge on any atom is -0.508 e. The molecule has 2 heteroatoms. The Morgan fingerprint density at radius 2 is 1.07 bits per heavy atom. The summed E-state index contributed by atoms with van der Waals surface area (Å²) >= 11 is 0. The molecule has 0 saturated heterocycles. The fraction of sp³-hybridized carbons (Fsp3) is 0.571. The number of rotatable bonds is 1. The zero-order valence-electron chi connectivity index (χ0n) is 21.2. The molecule has 0 aliphatic carbocycles. The molecule has 2 aromatic carbocycles. The van der Waals surface area contributed by atoms with Crippen LogP contribution in [0.4, 0.5) is 0 Å². The smallest absolute Gasteiger partial charge is 0.127 e. The van der Waals surface area contributed by atoms with Crippen LogP contribution in [0.25, 0.3) is 11.1 Å². The van der Waals surface area contributed by atoms with E-state index in [1.807, 2.05) is 6.07 Å². The minimum absolute atomic E-state index is 0.0664. The highest BCUT2D eigenvalue weighted by atomic mass is 16.3. The summed E-state index contributed by atoms with van der Waals surface area (Å²) < 4.78 is 0. The molecule has 0 saturated carbocycles. The third-order valence-electron chi connectivity index (χ3n) is 5.79. The maximum Gasteiger partial charge on any atom is 0.127 e. The highest BCUT2D eigenvalue weighted by molar-refractivity contribution is 5.82. The second-order valence-corrected chi connectivity index (χ2v) is 12.8. The summed E-state index contributed by atoms with van der Waals surface area (Å²) in [4.78, 5) is 0. The molecule has 0 aromatic heterocycles. The molecule has 2 nitrogen and oxygen atoms in total. The van der Waals surface area contributed by atoms with Crippen molar-refractivity contribution in [3.63, 3.8) is 0 Å². The van der Waals surface area contributed by atoms with Crippen LogP contribution in [0.15, 0.2) is 24.3 Å². The highest BCUT2D eigenvalue weighted by Gasteiger charge is 2.33. The van der Waals surface area contributed by atoms with E-state index in [0.717, 1.165) is 27.8 Å². The van der Waals surface area contributed by atoms with Crippen LogP contribution in [-0.2, 0) is 21.7 Å². The second kappa shape index (κ2) is 7.32. The highest BCUT2D eigenvalue weighted by Crippen LogP contribution is 2.50. The first kappa shape index (κ1) is 24.3. The third-order valence-corrected chi connectivity index (χ3v) is 5.79. The molecule has 2 aromatic rings. The summed E-state index contributed by atoms with van der Waals surface area (Å²) in [5, 5.41) is 22.5. The van der Waals surface area contributed by atoms with Gasteiger partial charge in [0.1, 0.15) is 11.5 Å². The quantitative estimate of drug-likeness (QED) is 0.500. The van der Waals surface area contributed by atoms with Crippen molar-refractivity contribution in [2.45, 2.75) is 105 Å². The SMILES string of the molecule is CC(C)(C)c1cc(-c2c(C(C)(C)C)ccc(O)c2C(C)(C)C)c(O)c(C(C)(C)C)c1. The normalized spacial score (nSPS) is 13.6. The Morgan fingerprint density at radius 3 is 1.47 bits per heavy atom. The predicted molar refractivity (Wildman–Crippen MR) is 130 cm³/mol. The summed E-state index contributed by atoms with van der Waals surface area (Å²) in [6.07, 6.45) is 0. The average molecular weight is 411 g/mol. The molecule has 166 valence electrons. The van der Waals surface area contributed by atoms with Crippen molar-refractivity contribution in [3.8, 4) is 22.6 Å². The lowest BCUT2D eigenvalue weighted by molar-refractivity contribution is 0.441. The van der Waals surface area contributed by atoms with Gasteiger partial charge in [0.2, 0.25) is 0 Å². The van der Waals surface area contributed by atoms with E-state index < -0.39 is 0 Å².